The Hall–Kier alpha value is -3.02. The Bertz CT molecular complexity index is 881. The second kappa shape index (κ2) is 9.32. The first-order valence-corrected chi connectivity index (χ1v) is 7.42. The van der Waals surface area contributed by atoms with E-state index in [-0.39, 0.29) is 5.69 Å². The number of benzene rings is 1. The summed E-state index contributed by atoms with van der Waals surface area (Å²) in [5, 5.41) is 13.4. The van der Waals surface area contributed by atoms with Crippen LogP contribution in [0.2, 0.25) is 0 Å². The highest BCUT2D eigenvalue weighted by Gasteiger charge is 2.03. The lowest BCUT2D eigenvalue weighted by atomic mass is 10.2. The summed E-state index contributed by atoms with van der Waals surface area (Å²) >= 11 is 0. The van der Waals surface area contributed by atoms with Gasteiger partial charge in [0.15, 0.2) is 17.3 Å². The van der Waals surface area contributed by atoms with Gasteiger partial charge in [-0.05, 0) is 50.2 Å². The van der Waals surface area contributed by atoms with Crippen LogP contribution in [0.25, 0.3) is 10.9 Å². The van der Waals surface area contributed by atoms with Crippen LogP contribution in [0, 0.1) is 31.0 Å². The molecule has 0 saturated heterocycles. The molecule has 0 aliphatic heterocycles. The first-order valence-electron chi connectivity index (χ1n) is 7.42. The first-order chi connectivity index (χ1) is 11.8. The van der Waals surface area contributed by atoms with Crippen LogP contribution in [0.5, 0.6) is 0 Å². The molecule has 0 atom stereocenters. The molecule has 0 fully saturated rings. The Labute approximate surface area is 146 Å². The van der Waals surface area contributed by atoms with E-state index in [1.165, 1.54) is 17.8 Å². The molecule has 8 heteroatoms. The number of aryl methyl sites for hydroxylation is 3. The lowest BCUT2D eigenvalue weighted by Gasteiger charge is -1.94. The number of nitrogens with one attached hydrogen (secondary N) is 1. The van der Waals surface area contributed by atoms with Gasteiger partial charge >= 0.3 is 0 Å². The van der Waals surface area contributed by atoms with Crippen molar-refractivity contribution in [3.8, 4) is 6.07 Å². The van der Waals surface area contributed by atoms with Crippen molar-refractivity contribution < 1.29 is 4.39 Å². The van der Waals surface area contributed by atoms with E-state index >= 15 is 0 Å². The topological polar surface area (TPSA) is 119 Å². The molecular formula is C17H22FN7. The predicted octanol–water partition coefficient (Wildman–Crippen LogP) is 1.94. The summed E-state index contributed by atoms with van der Waals surface area (Å²) in [7, 11) is 3.55. The third kappa shape index (κ3) is 5.53. The number of nitriles is 1. The summed E-state index contributed by atoms with van der Waals surface area (Å²) in [6, 6.07) is 9.05. The molecule has 1 aromatic carbocycles. The number of nitrogens with two attached hydrogens (primary N) is 2. The maximum atomic E-state index is 12.6. The summed E-state index contributed by atoms with van der Waals surface area (Å²) in [5.74, 6) is 4.65. The number of pyridine rings is 1. The molecule has 0 aliphatic rings. The van der Waals surface area contributed by atoms with Gasteiger partial charge in [0.05, 0.1) is 5.52 Å². The third-order valence-corrected chi connectivity index (χ3v) is 3.12. The number of halogens is 1. The smallest absolute Gasteiger partial charge is 0.176 e. The largest absolute Gasteiger partial charge is 0.382 e. The summed E-state index contributed by atoms with van der Waals surface area (Å²) < 4.78 is 14.4. The molecule has 2 aromatic heterocycles. The van der Waals surface area contributed by atoms with Crippen LogP contribution in [0.4, 0.5) is 10.2 Å². The number of hydrogen-bond acceptors (Lipinski definition) is 6. The van der Waals surface area contributed by atoms with Crippen molar-refractivity contribution in [2.24, 2.45) is 12.9 Å². The summed E-state index contributed by atoms with van der Waals surface area (Å²) in [6.07, 6.45) is 1.46. The summed E-state index contributed by atoms with van der Waals surface area (Å²) in [6.45, 7) is 3.78. The standard InChI is InChI=1S/C9H11N3.C7H5FN2.CH6N2/c1-6-3-4-7-8(5-6)12(2)11-9(7)10;1-5-2-6(8)7(3-9)10-4-5;1-3-2/h3-5H,1-2H3,(H2,10,11);2,4H,1H3;3H,2H2,1H3. The average molecular weight is 343 g/mol. The van der Waals surface area contributed by atoms with Crippen molar-refractivity contribution in [1.29, 1.82) is 5.26 Å². The fourth-order valence-corrected chi connectivity index (χ4v) is 2.01. The lowest BCUT2D eigenvalue weighted by Crippen LogP contribution is -2.13. The van der Waals surface area contributed by atoms with Crippen molar-refractivity contribution in [2.45, 2.75) is 13.8 Å². The molecule has 0 unspecified atom stereocenters. The fourth-order valence-electron chi connectivity index (χ4n) is 2.01. The third-order valence-electron chi connectivity index (χ3n) is 3.12. The van der Waals surface area contributed by atoms with Crippen molar-refractivity contribution in [3.05, 3.63) is 53.1 Å². The summed E-state index contributed by atoms with van der Waals surface area (Å²) in [5.41, 5.74) is 10.8. The van der Waals surface area contributed by atoms with Crippen molar-refractivity contribution in [2.75, 3.05) is 12.8 Å². The van der Waals surface area contributed by atoms with Crippen molar-refractivity contribution in [3.63, 3.8) is 0 Å². The second-order valence-corrected chi connectivity index (χ2v) is 5.27. The second-order valence-electron chi connectivity index (χ2n) is 5.27. The highest BCUT2D eigenvalue weighted by atomic mass is 19.1. The number of hydrogen-bond donors (Lipinski definition) is 3. The molecule has 3 rings (SSSR count). The van der Waals surface area contributed by atoms with Gasteiger partial charge in [0.2, 0.25) is 0 Å². The molecule has 0 amide bonds. The van der Waals surface area contributed by atoms with Gasteiger partial charge in [0, 0.05) is 18.6 Å². The Morgan fingerprint density at radius 2 is 1.88 bits per heavy atom. The number of aromatic nitrogens is 3. The molecule has 0 spiro atoms. The maximum absolute atomic E-state index is 12.6. The molecule has 2 heterocycles. The molecule has 25 heavy (non-hydrogen) atoms. The van der Waals surface area contributed by atoms with Gasteiger partial charge in [0.1, 0.15) is 6.07 Å². The van der Waals surface area contributed by atoms with Crippen LogP contribution in [0.15, 0.2) is 30.5 Å². The number of hydrazine groups is 1. The van der Waals surface area contributed by atoms with Gasteiger partial charge in [-0.15, -0.1) is 0 Å². The SMILES string of the molecule is CNN.Cc1ccc2c(N)nn(C)c2c1.Cc1cnc(C#N)c(F)c1. The molecular weight excluding hydrogens is 321 g/mol. The van der Waals surface area contributed by atoms with Gasteiger partial charge in [-0.3, -0.25) is 16.0 Å². The highest BCUT2D eigenvalue weighted by molar-refractivity contribution is 5.89. The van der Waals surface area contributed by atoms with Gasteiger partial charge in [-0.2, -0.15) is 10.4 Å². The molecule has 0 aliphatic carbocycles. The van der Waals surface area contributed by atoms with Gasteiger partial charge in [-0.25, -0.2) is 9.37 Å². The molecule has 0 radical (unpaired) electrons. The minimum absolute atomic E-state index is 0.148. The molecule has 0 saturated carbocycles. The van der Waals surface area contributed by atoms with E-state index in [2.05, 4.69) is 34.3 Å². The van der Waals surface area contributed by atoms with Gasteiger partial charge in [-0.1, -0.05) is 6.07 Å². The van der Waals surface area contributed by atoms with Crippen molar-refractivity contribution in [1.82, 2.24) is 20.2 Å². The van der Waals surface area contributed by atoms with E-state index in [1.54, 1.807) is 24.7 Å². The monoisotopic (exact) mass is 343 g/mol. The van der Waals surface area contributed by atoms with Gasteiger partial charge in [0.25, 0.3) is 0 Å². The molecule has 7 nitrogen and oxygen atoms in total. The molecule has 3 aromatic rings. The Balaban J connectivity index is 0.000000220. The van der Waals surface area contributed by atoms with E-state index in [0.29, 0.717) is 5.82 Å². The lowest BCUT2D eigenvalue weighted by molar-refractivity contribution is 0.615. The highest BCUT2D eigenvalue weighted by Crippen LogP contribution is 2.20. The first kappa shape index (κ1) is 20.0. The van der Waals surface area contributed by atoms with E-state index < -0.39 is 5.82 Å². The zero-order chi connectivity index (χ0) is 19.0. The number of rotatable bonds is 0. The van der Waals surface area contributed by atoms with Crippen LogP contribution in [-0.2, 0) is 7.05 Å². The minimum Gasteiger partial charge on any atom is -0.382 e. The van der Waals surface area contributed by atoms with Crippen LogP contribution >= 0.6 is 0 Å². The number of nitrogen functional groups attached to an aromatic ring is 1. The zero-order valence-corrected chi connectivity index (χ0v) is 14.7. The zero-order valence-electron chi connectivity index (χ0n) is 14.7. The minimum atomic E-state index is -0.553. The Kier molecular flexibility index (Phi) is 7.46. The molecule has 0 bridgehead atoms. The number of anilines is 1. The quantitative estimate of drug-likeness (QED) is 0.424. The number of nitrogens with zero attached hydrogens (tertiary/aromatic N) is 4. The van der Waals surface area contributed by atoms with Crippen LogP contribution in [-0.4, -0.2) is 21.8 Å². The average Bonchev–Trinajstić information content (AvgIpc) is 2.83. The van der Waals surface area contributed by atoms with Crippen LogP contribution in [0.3, 0.4) is 0 Å². The molecule has 132 valence electrons. The van der Waals surface area contributed by atoms with Gasteiger partial charge < -0.3 is 5.73 Å². The number of fused-ring (bicyclic) bond motifs is 1. The maximum Gasteiger partial charge on any atom is 0.176 e. The Morgan fingerprint density at radius 1 is 1.24 bits per heavy atom. The van der Waals surface area contributed by atoms with E-state index in [0.717, 1.165) is 16.5 Å². The van der Waals surface area contributed by atoms with E-state index in [9.17, 15) is 4.39 Å². The normalized spacial score (nSPS) is 9.48. The fraction of sp³-hybridized carbons (Fsp3) is 0.235. The Morgan fingerprint density at radius 3 is 2.44 bits per heavy atom. The summed E-state index contributed by atoms with van der Waals surface area (Å²) in [4.78, 5) is 3.56. The predicted molar refractivity (Wildman–Crippen MR) is 96.8 cm³/mol. The van der Waals surface area contributed by atoms with Crippen LogP contribution in [0.1, 0.15) is 16.8 Å². The van der Waals surface area contributed by atoms with Crippen LogP contribution < -0.4 is 17.0 Å². The van der Waals surface area contributed by atoms with E-state index in [4.69, 9.17) is 11.0 Å². The van der Waals surface area contributed by atoms with Crippen molar-refractivity contribution >= 4 is 16.7 Å². The molecule has 5 N–H and O–H groups in total. The van der Waals surface area contributed by atoms with E-state index in [1.807, 2.05) is 19.2 Å².